The van der Waals surface area contributed by atoms with Gasteiger partial charge in [-0.15, -0.1) is 0 Å². The number of rotatable bonds is 3. The van der Waals surface area contributed by atoms with Gasteiger partial charge < -0.3 is 4.74 Å². The molecule has 1 fully saturated rings. The Morgan fingerprint density at radius 3 is 2.65 bits per heavy atom. The van der Waals surface area contributed by atoms with E-state index < -0.39 is 5.54 Å². The molecule has 0 aromatic heterocycles. The van der Waals surface area contributed by atoms with E-state index >= 15 is 0 Å². The van der Waals surface area contributed by atoms with Crippen LogP contribution in [-0.2, 0) is 10.3 Å². The third kappa shape index (κ3) is 2.21. The summed E-state index contributed by atoms with van der Waals surface area (Å²) in [7, 11) is 1.60. The number of halogens is 1. The molecule has 1 aliphatic rings. The molecule has 0 aliphatic heterocycles. The average Bonchev–Trinajstić information content (AvgIpc) is 2.79. The lowest BCUT2D eigenvalue weighted by atomic mass is 9.89. The topological polar surface area (TPSA) is 38.7 Å². The van der Waals surface area contributed by atoms with Crippen molar-refractivity contribution in [2.75, 3.05) is 7.11 Å². The minimum atomic E-state index is -0.467. The molecule has 0 unspecified atom stereocenters. The number of benzene rings is 1. The molecule has 0 saturated heterocycles. The Labute approximate surface area is 105 Å². The van der Waals surface area contributed by atoms with Gasteiger partial charge in [-0.25, -0.2) is 4.79 Å². The van der Waals surface area contributed by atoms with Crippen LogP contribution in [-0.4, -0.2) is 13.2 Å². The summed E-state index contributed by atoms with van der Waals surface area (Å²) >= 11 is 6.24. The second kappa shape index (κ2) is 4.91. The summed E-state index contributed by atoms with van der Waals surface area (Å²) in [6, 6.07) is 5.51. The number of ether oxygens (including phenoxy) is 1. The van der Waals surface area contributed by atoms with Crippen LogP contribution >= 0.6 is 11.6 Å². The zero-order valence-electron chi connectivity index (χ0n) is 9.70. The minimum Gasteiger partial charge on any atom is -0.497 e. The summed E-state index contributed by atoms with van der Waals surface area (Å²) in [5.41, 5.74) is 0.436. The fraction of sp³-hybridized carbons (Fsp3) is 0.462. The largest absolute Gasteiger partial charge is 0.497 e. The monoisotopic (exact) mass is 251 g/mol. The van der Waals surface area contributed by atoms with Crippen molar-refractivity contribution >= 4 is 17.7 Å². The molecule has 4 heteroatoms. The van der Waals surface area contributed by atoms with Crippen molar-refractivity contribution < 1.29 is 9.53 Å². The van der Waals surface area contributed by atoms with Crippen LogP contribution in [0.2, 0.25) is 5.02 Å². The molecule has 90 valence electrons. The summed E-state index contributed by atoms with van der Waals surface area (Å²) in [5.74, 6) is 0.710. The lowest BCUT2D eigenvalue weighted by molar-refractivity contribution is 0.412. The Kier molecular flexibility index (Phi) is 3.51. The molecular formula is C13H14ClNO2. The van der Waals surface area contributed by atoms with Gasteiger partial charge in [0.25, 0.3) is 0 Å². The molecule has 1 aromatic rings. The third-order valence-corrected chi connectivity index (χ3v) is 3.68. The summed E-state index contributed by atoms with van der Waals surface area (Å²) in [4.78, 5) is 14.6. The van der Waals surface area contributed by atoms with Gasteiger partial charge in [0.05, 0.1) is 12.6 Å². The maximum Gasteiger partial charge on any atom is 0.235 e. The van der Waals surface area contributed by atoms with E-state index in [1.165, 1.54) is 0 Å². The van der Waals surface area contributed by atoms with E-state index in [0.29, 0.717) is 10.8 Å². The molecule has 1 saturated carbocycles. The molecule has 0 heterocycles. The van der Waals surface area contributed by atoms with E-state index in [-0.39, 0.29) is 0 Å². The van der Waals surface area contributed by atoms with Crippen LogP contribution < -0.4 is 4.74 Å². The molecular weight excluding hydrogens is 238 g/mol. The second-order valence-corrected chi connectivity index (χ2v) is 4.69. The average molecular weight is 252 g/mol. The molecule has 17 heavy (non-hydrogen) atoms. The van der Waals surface area contributed by atoms with Crippen LogP contribution in [0.5, 0.6) is 5.75 Å². The summed E-state index contributed by atoms with van der Waals surface area (Å²) in [5, 5.41) is 0.602. The highest BCUT2D eigenvalue weighted by atomic mass is 35.5. The lowest BCUT2D eigenvalue weighted by Crippen LogP contribution is -2.19. The number of hydrogen-bond donors (Lipinski definition) is 0. The van der Waals surface area contributed by atoms with E-state index in [2.05, 4.69) is 4.99 Å². The first-order chi connectivity index (χ1) is 8.22. The second-order valence-electron chi connectivity index (χ2n) is 4.29. The van der Waals surface area contributed by atoms with Crippen LogP contribution in [0.4, 0.5) is 0 Å². The highest BCUT2D eigenvalue weighted by molar-refractivity contribution is 6.31. The van der Waals surface area contributed by atoms with Crippen molar-refractivity contribution in [3.05, 3.63) is 28.8 Å². The molecule has 0 N–H and O–H groups in total. The Bertz CT molecular complexity index is 460. The Morgan fingerprint density at radius 1 is 1.41 bits per heavy atom. The van der Waals surface area contributed by atoms with Gasteiger partial charge in [-0.1, -0.05) is 30.5 Å². The highest BCUT2D eigenvalue weighted by Gasteiger charge is 2.37. The molecule has 2 rings (SSSR count). The Hall–Kier alpha value is -1.31. The van der Waals surface area contributed by atoms with E-state index in [9.17, 15) is 4.79 Å². The molecule has 0 bridgehead atoms. The summed E-state index contributed by atoms with van der Waals surface area (Å²) < 4.78 is 5.11. The van der Waals surface area contributed by atoms with Crippen LogP contribution in [0.15, 0.2) is 23.2 Å². The fourth-order valence-electron chi connectivity index (χ4n) is 2.49. The number of aliphatic imine (C=N–C) groups is 1. The highest BCUT2D eigenvalue weighted by Crippen LogP contribution is 2.45. The van der Waals surface area contributed by atoms with Gasteiger partial charge in [0.1, 0.15) is 5.75 Å². The van der Waals surface area contributed by atoms with Crippen LogP contribution in [0.1, 0.15) is 31.2 Å². The quantitative estimate of drug-likeness (QED) is 0.610. The standard InChI is InChI=1S/C13H14ClNO2/c1-17-10-4-5-11(12(14)8-10)13(15-9-16)6-2-3-7-13/h4-5,8H,2-3,6-7H2,1H3. The molecule has 0 spiro atoms. The van der Waals surface area contributed by atoms with Gasteiger partial charge in [-0.3, -0.25) is 0 Å². The third-order valence-electron chi connectivity index (χ3n) is 3.37. The summed E-state index contributed by atoms with van der Waals surface area (Å²) in [6.45, 7) is 0. The van der Waals surface area contributed by atoms with Gasteiger partial charge in [0.15, 0.2) is 0 Å². The van der Waals surface area contributed by atoms with Gasteiger partial charge in [0.2, 0.25) is 6.08 Å². The van der Waals surface area contributed by atoms with Crippen LogP contribution in [0.25, 0.3) is 0 Å². The van der Waals surface area contributed by atoms with Crippen molar-refractivity contribution in [3.8, 4) is 5.75 Å². The predicted molar refractivity (Wildman–Crippen MR) is 66.3 cm³/mol. The van der Waals surface area contributed by atoms with Gasteiger partial charge in [0, 0.05) is 5.02 Å². The Morgan fingerprint density at radius 2 is 2.12 bits per heavy atom. The van der Waals surface area contributed by atoms with E-state index in [1.54, 1.807) is 19.3 Å². The molecule has 0 atom stereocenters. The van der Waals surface area contributed by atoms with Gasteiger partial charge >= 0.3 is 0 Å². The van der Waals surface area contributed by atoms with E-state index in [0.717, 1.165) is 31.2 Å². The SMILES string of the molecule is COc1ccc(C2(N=C=O)CCCC2)c(Cl)c1. The van der Waals surface area contributed by atoms with E-state index in [1.807, 2.05) is 12.1 Å². The van der Waals surface area contributed by atoms with Crippen molar-refractivity contribution in [1.82, 2.24) is 0 Å². The zero-order chi connectivity index (χ0) is 12.3. The van der Waals surface area contributed by atoms with Crippen molar-refractivity contribution in [2.45, 2.75) is 31.2 Å². The van der Waals surface area contributed by atoms with Crippen LogP contribution in [0.3, 0.4) is 0 Å². The van der Waals surface area contributed by atoms with Gasteiger partial charge in [-0.05, 0) is 30.5 Å². The molecule has 3 nitrogen and oxygen atoms in total. The van der Waals surface area contributed by atoms with Gasteiger partial charge in [-0.2, -0.15) is 4.99 Å². The van der Waals surface area contributed by atoms with E-state index in [4.69, 9.17) is 16.3 Å². The number of hydrogen-bond acceptors (Lipinski definition) is 3. The number of nitrogens with zero attached hydrogens (tertiary/aromatic N) is 1. The fourth-order valence-corrected chi connectivity index (χ4v) is 2.84. The first-order valence-corrected chi connectivity index (χ1v) is 6.03. The minimum absolute atomic E-state index is 0.467. The molecule has 1 aromatic carbocycles. The van der Waals surface area contributed by atoms with Crippen LogP contribution in [0, 0.1) is 0 Å². The zero-order valence-corrected chi connectivity index (χ0v) is 10.5. The first kappa shape index (κ1) is 12.2. The number of methoxy groups -OCH3 is 1. The van der Waals surface area contributed by atoms with Crippen molar-refractivity contribution in [1.29, 1.82) is 0 Å². The number of isocyanates is 1. The smallest absolute Gasteiger partial charge is 0.235 e. The molecule has 1 aliphatic carbocycles. The molecule has 0 radical (unpaired) electrons. The molecule has 0 amide bonds. The predicted octanol–water partition coefficient (Wildman–Crippen LogP) is 3.45. The first-order valence-electron chi connectivity index (χ1n) is 5.65. The maximum atomic E-state index is 10.6. The maximum absolute atomic E-state index is 10.6. The Balaban J connectivity index is 2.47. The summed E-state index contributed by atoms with van der Waals surface area (Å²) in [6.07, 6.45) is 5.53. The van der Waals surface area contributed by atoms with Crippen molar-refractivity contribution in [2.24, 2.45) is 4.99 Å². The normalized spacial score (nSPS) is 17.5. The lowest BCUT2D eigenvalue weighted by Gasteiger charge is -2.24. The number of carbonyl (C=O) groups excluding carboxylic acids is 1. The van der Waals surface area contributed by atoms with Crippen molar-refractivity contribution in [3.63, 3.8) is 0 Å².